The van der Waals surface area contributed by atoms with Crippen molar-refractivity contribution in [1.82, 2.24) is 9.97 Å². The number of carbonyl (C=O) groups excluding carboxylic acids is 1. The van der Waals surface area contributed by atoms with Crippen LogP contribution >= 0.6 is 0 Å². The van der Waals surface area contributed by atoms with Crippen molar-refractivity contribution in [3.05, 3.63) is 18.5 Å². The zero-order chi connectivity index (χ0) is 13.1. The Bertz CT molecular complexity index is 598. The number of fused-ring (bicyclic) bond motifs is 1. The highest BCUT2D eigenvalue weighted by atomic mass is 16.5. The number of anilines is 1. The number of hydrogen-bond donors (Lipinski definition) is 1. The number of benzene rings is 1. The van der Waals surface area contributed by atoms with Gasteiger partial charge >= 0.3 is 0 Å². The average Bonchev–Trinajstić information content (AvgIpc) is 2.37. The van der Waals surface area contributed by atoms with Gasteiger partial charge in [0.05, 0.1) is 19.9 Å². The van der Waals surface area contributed by atoms with E-state index in [0.29, 0.717) is 28.2 Å². The SMILES string of the molecule is COc1cc(NC(C)=O)c(OC)c2nccnc12. The number of nitrogens with zero attached hydrogens (tertiary/aromatic N) is 2. The van der Waals surface area contributed by atoms with Crippen LogP contribution in [0.5, 0.6) is 11.5 Å². The van der Waals surface area contributed by atoms with E-state index in [1.54, 1.807) is 18.5 Å². The summed E-state index contributed by atoms with van der Waals surface area (Å²) in [5.41, 5.74) is 1.64. The van der Waals surface area contributed by atoms with E-state index in [0.717, 1.165) is 0 Å². The topological polar surface area (TPSA) is 73.3 Å². The Labute approximate surface area is 104 Å². The van der Waals surface area contributed by atoms with Crippen LogP contribution < -0.4 is 14.8 Å². The zero-order valence-corrected chi connectivity index (χ0v) is 10.4. The van der Waals surface area contributed by atoms with Gasteiger partial charge in [-0.3, -0.25) is 4.79 Å². The number of carbonyl (C=O) groups is 1. The van der Waals surface area contributed by atoms with Gasteiger partial charge in [-0.15, -0.1) is 0 Å². The summed E-state index contributed by atoms with van der Waals surface area (Å²) in [4.78, 5) is 19.6. The largest absolute Gasteiger partial charge is 0.494 e. The molecule has 1 heterocycles. The van der Waals surface area contributed by atoms with Crippen molar-refractivity contribution < 1.29 is 14.3 Å². The Morgan fingerprint density at radius 3 is 2.39 bits per heavy atom. The second-order valence-electron chi connectivity index (χ2n) is 3.59. The Morgan fingerprint density at radius 2 is 1.83 bits per heavy atom. The lowest BCUT2D eigenvalue weighted by atomic mass is 10.2. The highest BCUT2D eigenvalue weighted by Crippen LogP contribution is 2.37. The quantitative estimate of drug-likeness (QED) is 0.891. The first kappa shape index (κ1) is 12.1. The third-order valence-corrected chi connectivity index (χ3v) is 2.40. The summed E-state index contributed by atoms with van der Waals surface area (Å²) in [6.45, 7) is 1.42. The van der Waals surface area contributed by atoms with Gasteiger partial charge in [0.2, 0.25) is 5.91 Å². The van der Waals surface area contributed by atoms with Crippen LogP contribution in [0.1, 0.15) is 6.92 Å². The van der Waals surface area contributed by atoms with Crippen LogP contribution in [0.4, 0.5) is 5.69 Å². The number of aromatic nitrogens is 2. The standard InChI is InChI=1S/C12H13N3O3/c1-7(16)15-8-6-9(17-2)10-11(12(8)18-3)14-5-4-13-10/h4-6H,1-3H3,(H,15,16). The van der Waals surface area contributed by atoms with Crippen LogP contribution in [0.25, 0.3) is 11.0 Å². The maximum absolute atomic E-state index is 11.2. The fourth-order valence-electron chi connectivity index (χ4n) is 1.72. The van der Waals surface area contributed by atoms with Gasteiger partial charge in [-0.05, 0) is 0 Å². The van der Waals surface area contributed by atoms with Crippen LogP contribution in [0.2, 0.25) is 0 Å². The number of hydrogen-bond acceptors (Lipinski definition) is 5. The second kappa shape index (κ2) is 4.87. The molecule has 1 N–H and O–H groups in total. The smallest absolute Gasteiger partial charge is 0.221 e. The van der Waals surface area contributed by atoms with Crippen LogP contribution in [-0.4, -0.2) is 30.1 Å². The molecule has 6 heteroatoms. The maximum atomic E-state index is 11.2. The number of methoxy groups -OCH3 is 2. The molecule has 94 valence electrons. The van der Waals surface area contributed by atoms with Gasteiger partial charge in [0, 0.05) is 25.4 Å². The molecule has 0 unspecified atom stereocenters. The lowest BCUT2D eigenvalue weighted by Gasteiger charge is -2.13. The van der Waals surface area contributed by atoms with E-state index in [1.165, 1.54) is 21.1 Å². The van der Waals surface area contributed by atoms with Crippen molar-refractivity contribution in [3.63, 3.8) is 0 Å². The molecule has 0 radical (unpaired) electrons. The van der Waals surface area contributed by atoms with Gasteiger partial charge in [0.1, 0.15) is 16.8 Å². The highest BCUT2D eigenvalue weighted by Gasteiger charge is 2.15. The third-order valence-electron chi connectivity index (χ3n) is 2.40. The maximum Gasteiger partial charge on any atom is 0.221 e. The van der Waals surface area contributed by atoms with E-state index < -0.39 is 0 Å². The van der Waals surface area contributed by atoms with Crippen molar-refractivity contribution in [2.24, 2.45) is 0 Å². The van der Waals surface area contributed by atoms with E-state index in [9.17, 15) is 4.79 Å². The van der Waals surface area contributed by atoms with Gasteiger partial charge in [-0.2, -0.15) is 0 Å². The molecular weight excluding hydrogens is 234 g/mol. The van der Waals surface area contributed by atoms with Crippen molar-refractivity contribution >= 4 is 22.6 Å². The lowest BCUT2D eigenvalue weighted by molar-refractivity contribution is -0.114. The van der Waals surface area contributed by atoms with Gasteiger partial charge in [0.15, 0.2) is 5.75 Å². The van der Waals surface area contributed by atoms with E-state index in [1.807, 2.05) is 0 Å². The predicted octanol–water partition coefficient (Wildman–Crippen LogP) is 1.61. The molecule has 0 spiro atoms. The molecule has 6 nitrogen and oxygen atoms in total. The molecule has 0 atom stereocenters. The normalized spacial score (nSPS) is 10.2. The summed E-state index contributed by atoms with van der Waals surface area (Å²) >= 11 is 0. The Morgan fingerprint density at radius 1 is 1.17 bits per heavy atom. The monoisotopic (exact) mass is 247 g/mol. The first-order chi connectivity index (χ1) is 8.67. The molecule has 2 aromatic rings. The van der Waals surface area contributed by atoms with Gasteiger partial charge < -0.3 is 14.8 Å². The Kier molecular flexibility index (Phi) is 3.27. The summed E-state index contributed by atoms with van der Waals surface area (Å²) in [5.74, 6) is 0.801. The summed E-state index contributed by atoms with van der Waals surface area (Å²) < 4.78 is 10.5. The molecule has 0 aliphatic heterocycles. The first-order valence-electron chi connectivity index (χ1n) is 5.30. The minimum Gasteiger partial charge on any atom is -0.494 e. The summed E-state index contributed by atoms with van der Waals surface area (Å²) in [6, 6.07) is 1.66. The number of nitrogens with one attached hydrogen (secondary N) is 1. The minimum absolute atomic E-state index is 0.196. The van der Waals surface area contributed by atoms with Crippen molar-refractivity contribution in [3.8, 4) is 11.5 Å². The predicted molar refractivity (Wildman–Crippen MR) is 66.9 cm³/mol. The van der Waals surface area contributed by atoms with Gasteiger partial charge in [-0.1, -0.05) is 0 Å². The molecule has 0 fully saturated rings. The molecule has 0 saturated carbocycles. The van der Waals surface area contributed by atoms with Crippen molar-refractivity contribution in [1.29, 1.82) is 0 Å². The summed E-state index contributed by atoms with van der Waals surface area (Å²) in [5, 5.41) is 2.68. The highest BCUT2D eigenvalue weighted by molar-refractivity contribution is 5.98. The molecule has 0 aliphatic rings. The fraction of sp³-hybridized carbons (Fsp3) is 0.250. The van der Waals surface area contributed by atoms with Gasteiger partial charge in [0.25, 0.3) is 0 Å². The molecule has 0 saturated heterocycles. The number of amides is 1. The van der Waals surface area contributed by atoms with Crippen molar-refractivity contribution in [2.45, 2.75) is 6.92 Å². The first-order valence-corrected chi connectivity index (χ1v) is 5.30. The van der Waals surface area contributed by atoms with Crippen LogP contribution in [0, 0.1) is 0 Å². The molecule has 0 bridgehead atoms. The Balaban J connectivity index is 2.74. The van der Waals surface area contributed by atoms with Crippen molar-refractivity contribution in [2.75, 3.05) is 19.5 Å². The van der Waals surface area contributed by atoms with Crippen LogP contribution in [-0.2, 0) is 4.79 Å². The molecule has 18 heavy (non-hydrogen) atoms. The molecule has 1 aromatic heterocycles. The molecular formula is C12H13N3O3. The van der Waals surface area contributed by atoms with Gasteiger partial charge in [-0.25, -0.2) is 9.97 Å². The lowest BCUT2D eigenvalue weighted by Crippen LogP contribution is -2.08. The van der Waals surface area contributed by atoms with E-state index in [4.69, 9.17) is 9.47 Å². The molecule has 2 rings (SSSR count). The number of rotatable bonds is 3. The fourth-order valence-corrected chi connectivity index (χ4v) is 1.72. The van der Waals surface area contributed by atoms with E-state index in [2.05, 4.69) is 15.3 Å². The average molecular weight is 247 g/mol. The molecule has 1 aromatic carbocycles. The summed E-state index contributed by atoms with van der Waals surface area (Å²) in [6.07, 6.45) is 3.13. The second-order valence-corrected chi connectivity index (χ2v) is 3.59. The third kappa shape index (κ3) is 2.04. The van der Waals surface area contributed by atoms with Crippen LogP contribution in [0.3, 0.4) is 0 Å². The molecule has 1 amide bonds. The number of ether oxygens (including phenoxy) is 2. The van der Waals surface area contributed by atoms with E-state index in [-0.39, 0.29) is 5.91 Å². The molecule has 0 aliphatic carbocycles. The Hall–Kier alpha value is -2.37. The zero-order valence-electron chi connectivity index (χ0n) is 10.4. The minimum atomic E-state index is -0.196. The summed E-state index contributed by atoms with van der Waals surface area (Å²) in [7, 11) is 3.05. The van der Waals surface area contributed by atoms with E-state index >= 15 is 0 Å². The van der Waals surface area contributed by atoms with Crippen LogP contribution in [0.15, 0.2) is 18.5 Å².